The lowest BCUT2D eigenvalue weighted by atomic mass is 10.3. The molecule has 7 heteroatoms. The number of thiophene rings is 1. The van der Waals surface area contributed by atoms with Crippen LogP contribution in [0.5, 0.6) is 0 Å². The Morgan fingerprint density at radius 2 is 2.35 bits per heavy atom. The number of rotatable bonds is 7. The maximum absolute atomic E-state index is 11.7. The van der Waals surface area contributed by atoms with Gasteiger partial charge >= 0.3 is 0 Å². The van der Waals surface area contributed by atoms with Crippen molar-refractivity contribution in [1.82, 2.24) is 15.2 Å². The number of hydrogen-bond acceptors (Lipinski definition) is 5. The highest BCUT2D eigenvalue weighted by molar-refractivity contribution is 7.15. The van der Waals surface area contributed by atoms with Crippen molar-refractivity contribution < 1.29 is 9.53 Å². The largest absolute Gasteiger partial charge is 0.382 e. The zero-order valence-electron chi connectivity index (χ0n) is 11.6. The van der Waals surface area contributed by atoms with Gasteiger partial charge in [-0.1, -0.05) is 0 Å². The number of carbonyl (C=O) groups excluding carboxylic acids is 1. The van der Waals surface area contributed by atoms with Crippen LogP contribution in [0.25, 0.3) is 10.7 Å². The van der Waals surface area contributed by atoms with Gasteiger partial charge in [-0.3, -0.25) is 15.2 Å². The Kier molecular flexibility index (Phi) is 5.25. The molecule has 0 saturated carbocycles. The molecule has 0 unspecified atom stereocenters. The Balaban J connectivity index is 1.85. The Labute approximate surface area is 121 Å². The first-order chi connectivity index (χ1) is 9.69. The summed E-state index contributed by atoms with van der Waals surface area (Å²) in [4.78, 5) is 18.1. The standard InChI is InChI=1S/C13H18N4O2S/c1-3-19-8-4-5-11(18)14-13-15-12(16-17-13)10-7-6-9(2)20-10/h6-7H,3-5,8H2,1-2H3,(H2,14,15,16,17,18). The summed E-state index contributed by atoms with van der Waals surface area (Å²) >= 11 is 1.63. The first kappa shape index (κ1) is 14.7. The van der Waals surface area contributed by atoms with Gasteiger partial charge in [0.15, 0.2) is 5.82 Å². The molecule has 0 aliphatic heterocycles. The van der Waals surface area contributed by atoms with E-state index < -0.39 is 0 Å². The minimum atomic E-state index is -0.0994. The van der Waals surface area contributed by atoms with E-state index in [2.05, 4.69) is 20.5 Å². The van der Waals surface area contributed by atoms with Gasteiger partial charge in [-0.2, -0.15) is 4.98 Å². The summed E-state index contributed by atoms with van der Waals surface area (Å²) < 4.78 is 5.18. The average Bonchev–Trinajstić information content (AvgIpc) is 3.04. The maximum atomic E-state index is 11.7. The zero-order valence-corrected chi connectivity index (χ0v) is 12.4. The van der Waals surface area contributed by atoms with Crippen LogP contribution >= 0.6 is 11.3 Å². The van der Waals surface area contributed by atoms with Crippen LogP contribution in [-0.4, -0.2) is 34.3 Å². The van der Waals surface area contributed by atoms with E-state index in [1.807, 2.05) is 26.0 Å². The van der Waals surface area contributed by atoms with E-state index in [9.17, 15) is 4.79 Å². The van der Waals surface area contributed by atoms with Gasteiger partial charge in [-0.25, -0.2) is 0 Å². The molecule has 0 aromatic carbocycles. The highest BCUT2D eigenvalue weighted by Gasteiger charge is 2.10. The van der Waals surface area contributed by atoms with E-state index in [-0.39, 0.29) is 5.91 Å². The predicted molar refractivity (Wildman–Crippen MR) is 78.8 cm³/mol. The third-order valence-corrected chi connectivity index (χ3v) is 3.61. The minimum absolute atomic E-state index is 0.0994. The molecular formula is C13H18N4O2S. The molecule has 0 saturated heterocycles. The highest BCUT2D eigenvalue weighted by Crippen LogP contribution is 2.24. The zero-order chi connectivity index (χ0) is 14.4. The second-order valence-corrected chi connectivity index (χ2v) is 5.55. The average molecular weight is 294 g/mol. The van der Waals surface area contributed by atoms with Crippen LogP contribution in [0.1, 0.15) is 24.6 Å². The molecule has 0 radical (unpaired) electrons. The lowest BCUT2D eigenvalue weighted by Gasteiger charge is -2.01. The van der Waals surface area contributed by atoms with Crippen molar-refractivity contribution in [3.05, 3.63) is 17.0 Å². The summed E-state index contributed by atoms with van der Waals surface area (Å²) in [6, 6.07) is 4.00. The molecule has 6 nitrogen and oxygen atoms in total. The molecular weight excluding hydrogens is 276 g/mol. The summed E-state index contributed by atoms with van der Waals surface area (Å²) in [6.45, 7) is 5.23. The van der Waals surface area contributed by atoms with Gasteiger partial charge in [0.1, 0.15) is 0 Å². The Morgan fingerprint density at radius 1 is 1.50 bits per heavy atom. The summed E-state index contributed by atoms with van der Waals surface area (Å²) in [6.07, 6.45) is 1.10. The number of ether oxygens (including phenoxy) is 1. The van der Waals surface area contributed by atoms with Gasteiger partial charge in [0, 0.05) is 24.5 Å². The molecule has 2 heterocycles. The SMILES string of the molecule is CCOCCCC(=O)Nc1n[nH]c(-c2ccc(C)s2)n1. The fourth-order valence-corrected chi connectivity index (χ4v) is 2.46. The van der Waals surface area contributed by atoms with Crippen LogP contribution in [0, 0.1) is 6.92 Å². The molecule has 0 fully saturated rings. The smallest absolute Gasteiger partial charge is 0.249 e. The molecule has 0 bridgehead atoms. The first-order valence-corrected chi connectivity index (χ1v) is 7.37. The van der Waals surface area contributed by atoms with E-state index >= 15 is 0 Å². The van der Waals surface area contributed by atoms with Crippen LogP contribution in [-0.2, 0) is 9.53 Å². The monoisotopic (exact) mass is 294 g/mol. The van der Waals surface area contributed by atoms with E-state index in [0.717, 1.165) is 4.88 Å². The molecule has 2 rings (SSSR count). The number of H-pyrrole nitrogens is 1. The Bertz CT molecular complexity index is 564. The van der Waals surface area contributed by atoms with E-state index in [0.29, 0.717) is 37.8 Å². The molecule has 1 amide bonds. The van der Waals surface area contributed by atoms with Crippen LogP contribution in [0.15, 0.2) is 12.1 Å². The quantitative estimate of drug-likeness (QED) is 0.769. The molecule has 0 aliphatic rings. The van der Waals surface area contributed by atoms with Gasteiger partial charge in [0.05, 0.1) is 4.88 Å². The van der Waals surface area contributed by atoms with Crippen molar-refractivity contribution >= 4 is 23.2 Å². The topological polar surface area (TPSA) is 79.9 Å². The van der Waals surface area contributed by atoms with Crippen LogP contribution < -0.4 is 5.32 Å². The summed E-state index contributed by atoms with van der Waals surface area (Å²) in [5, 5.41) is 9.49. The van der Waals surface area contributed by atoms with Crippen molar-refractivity contribution in [3.63, 3.8) is 0 Å². The number of aromatic amines is 1. The summed E-state index contributed by atoms with van der Waals surface area (Å²) in [5.41, 5.74) is 0. The number of nitrogens with zero attached hydrogens (tertiary/aromatic N) is 2. The minimum Gasteiger partial charge on any atom is -0.382 e. The number of carbonyl (C=O) groups is 1. The molecule has 108 valence electrons. The predicted octanol–water partition coefficient (Wildman–Crippen LogP) is 2.60. The molecule has 2 aromatic heterocycles. The van der Waals surface area contributed by atoms with Crippen molar-refractivity contribution in [1.29, 1.82) is 0 Å². The summed E-state index contributed by atoms with van der Waals surface area (Å²) in [5.74, 6) is 0.887. The molecule has 2 aromatic rings. The van der Waals surface area contributed by atoms with Gasteiger partial charge in [0.2, 0.25) is 11.9 Å². The number of aryl methyl sites for hydroxylation is 1. The van der Waals surface area contributed by atoms with Gasteiger partial charge in [-0.05, 0) is 32.4 Å². The first-order valence-electron chi connectivity index (χ1n) is 6.56. The molecule has 2 N–H and O–H groups in total. The number of anilines is 1. The van der Waals surface area contributed by atoms with Crippen LogP contribution in [0.2, 0.25) is 0 Å². The number of hydrogen-bond donors (Lipinski definition) is 2. The van der Waals surface area contributed by atoms with Crippen LogP contribution in [0.4, 0.5) is 5.95 Å². The molecule has 20 heavy (non-hydrogen) atoms. The number of nitrogens with one attached hydrogen (secondary N) is 2. The number of amides is 1. The van der Waals surface area contributed by atoms with Gasteiger partial charge in [0.25, 0.3) is 0 Å². The van der Waals surface area contributed by atoms with Gasteiger partial charge < -0.3 is 4.74 Å². The lowest BCUT2D eigenvalue weighted by Crippen LogP contribution is -2.13. The van der Waals surface area contributed by atoms with Crippen molar-refractivity contribution in [2.45, 2.75) is 26.7 Å². The van der Waals surface area contributed by atoms with Gasteiger partial charge in [-0.15, -0.1) is 16.4 Å². The fourth-order valence-electron chi connectivity index (χ4n) is 1.66. The van der Waals surface area contributed by atoms with Crippen LogP contribution in [0.3, 0.4) is 0 Å². The fraction of sp³-hybridized carbons (Fsp3) is 0.462. The van der Waals surface area contributed by atoms with E-state index in [1.54, 1.807) is 11.3 Å². The normalized spacial score (nSPS) is 10.7. The Morgan fingerprint density at radius 3 is 3.05 bits per heavy atom. The van der Waals surface area contributed by atoms with Crippen molar-refractivity contribution in [2.24, 2.45) is 0 Å². The van der Waals surface area contributed by atoms with E-state index in [4.69, 9.17) is 4.74 Å². The number of aromatic nitrogens is 3. The molecule has 0 aliphatic carbocycles. The van der Waals surface area contributed by atoms with E-state index in [1.165, 1.54) is 4.88 Å². The second kappa shape index (κ2) is 7.16. The van der Waals surface area contributed by atoms with Crippen molar-refractivity contribution in [2.75, 3.05) is 18.5 Å². The molecule has 0 spiro atoms. The third kappa shape index (κ3) is 4.14. The summed E-state index contributed by atoms with van der Waals surface area (Å²) in [7, 11) is 0. The highest BCUT2D eigenvalue weighted by atomic mass is 32.1. The maximum Gasteiger partial charge on any atom is 0.249 e. The van der Waals surface area contributed by atoms with Crippen molar-refractivity contribution in [3.8, 4) is 10.7 Å². The second-order valence-electron chi connectivity index (χ2n) is 4.27. The third-order valence-electron chi connectivity index (χ3n) is 2.61. The Hall–Kier alpha value is -1.73. The molecule has 0 atom stereocenters. The lowest BCUT2D eigenvalue weighted by molar-refractivity contribution is -0.116.